The number of carbonyl (C=O) groups excluding carboxylic acids is 1. The number of anilines is 1. The van der Waals surface area contributed by atoms with Crippen molar-refractivity contribution in [3.8, 4) is 0 Å². The number of halogens is 1. The molecule has 0 atom stereocenters. The summed E-state index contributed by atoms with van der Waals surface area (Å²) in [4.78, 5) is 18.9. The lowest BCUT2D eigenvalue weighted by Crippen LogP contribution is -2.24. The summed E-state index contributed by atoms with van der Waals surface area (Å²) in [5, 5.41) is 0. The van der Waals surface area contributed by atoms with Gasteiger partial charge in [0, 0.05) is 27.9 Å². The molecule has 0 fully saturated rings. The lowest BCUT2D eigenvalue weighted by Gasteiger charge is -2.23. The van der Waals surface area contributed by atoms with Gasteiger partial charge in [-0.3, -0.25) is 0 Å². The molecule has 0 radical (unpaired) electrons. The molecular weight excluding hydrogens is 451 g/mol. The Bertz CT molecular complexity index is 866. The first kappa shape index (κ1) is 19.6. The summed E-state index contributed by atoms with van der Waals surface area (Å²) in [6, 6.07) is 16.0. The van der Waals surface area contributed by atoms with Gasteiger partial charge in [-0.2, -0.15) is 0 Å². The monoisotopic (exact) mass is 474 g/mol. The van der Waals surface area contributed by atoms with Crippen molar-refractivity contribution in [2.75, 3.05) is 18.0 Å². The van der Waals surface area contributed by atoms with Gasteiger partial charge in [0.05, 0.1) is 0 Å². The van der Waals surface area contributed by atoms with Gasteiger partial charge in [-0.15, -0.1) is 0 Å². The summed E-state index contributed by atoms with van der Waals surface area (Å²) in [7, 11) is 0. The number of nitrogens with zero attached hydrogens (tertiary/aromatic N) is 2. The number of cyclic esters (lactones) is 1. The molecule has 3 rings (SSSR count). The largest absolute Gasteiger partial charge is 0.402 e. The number of ether oxygens (including phenoxy) is 1. The van der Waals surface area contributed by atoms with Gasteiger partial charge in [0.2, 0.25) is 5.90 Å². The number of benzene rings is 2. The van der Waals surface area contributed by atoms with E-state index in [0.717, 1.165) is 40.6 Å². The zero-order valence-corrected chi connectivity index (χ0v) is 17.8. The molecule has 4 nitrogen and oxygen atoms in total. The maximum atomic E-state index is 12.2. The first-order chi connectivity index (χ1) is 13.1. The lowest BCUT2D eigenvalue weighted by atomic mass is 10.1. The van der Waals surface area contributed by atoms with Crippen LogP contribution in [0.25, 0.3) is 6.08 Å². The number of hydrogen-bond donors (Lipinski definition) is 0. The average molecular weight is 474 g/mol. The van der Waals surface area contributed by atoms with Crippen LogP contribution in [0.1, 0.15) is 37.8 Å². The molecule has 140 valence electrons. The predicted molar refractivity (Wildman–Crippen MR) is 119 cm³/mol. The van der Waals surface area contributed by atoms with Gasteiger partial charge in [-0.1, -0.05) is 32.0 Å². The Morgan fingerprint density at radius 2 is 1.78 bits per heavy atom. The standard InChI is InChI=1S/C22H23IN2O2/c1-3-12-25(13-4-2)19-10-8-16(9-11-19)14-20-22(26)27-21(24-20)17-6-5-7-18(23)15-17/h5-11,14-15H,3-4,12-13H2,1-2H3/b20-14+. The quantitative estimate of drug-likeness (QED) is 0.312. The van der Waals surface area contributed by atoms with Crippen molar-refractivity contribution in [1.29, 1.82) is 0 Å². The third-order valence-corrected chi connectivity index (χ3v) is 4.91. The molecule has 27 heavy (non-hydrogen) atoms. The number of esters is 1. The Morgan fingerprint density at radius 1 is 1.07 bits per heavy atom. The summed E-state index contributed by atoms with van der Waals surface area (Å²) in [5.41, 5.74) is 3.28. The van der Waals surface area contributed by atoms with Gasteiger partial charge >= 0.3 is 5.97 Å². The van der Waals surface area contributed by atoms with Crippen LogP contribution in [0.5, 0.6) is 0 Å². The van der Waals surface area contributed by atoms with Gasteiger partial charge in [-0.25, -0.2) is 9.79 Å². The van der Waals surface area contributed by atoms with Crippen LogP contribution in [0.2, 0.25) is 0 Å². The first-order valence-corrected chi connectivity index (χ1v) is 10.3. The SMILES string of the molecule is CCCN(CCC)c1ccc(/C=C2/N=C(c3cccc(I)c3)OC2=O)cc1. The van der Waals surface area contributed by atoms with E-state index < -0.39 is 5.97 Å². The second-order valence-corrected chi connectivity index (χ2v) is 7.67. The molecule has 0 saturated carbocycles. The average Bonchev–Trinajstić information content (AvgIpc) is 3.03. The number of aliphatic imine (C=N–C) groups is 1. The van der Waals surface area contributed by atoms with Crippen molar-refractivity contribution in [2.24, 2.45) is 4.99 Å². The number of rotatable bonds is 7. The minimum Gasteiger partial charge on any atom is -0.402 e. The van der Waals surface area contributed by atoms with E-state index >= 15 is 0 Å². The highest BCUT2D eigenvalue weighted by Gasteiger charge is 2.24. The van der Waals surface area contributed by atoms with Crippen LogP contribution >= 0.6 is 22.6 Å². The van der Waals surface area contributed by atoms with Crippen LogP contribution in [0, 0.1) is 3.57 Å². The van der Waals surface area contributed by atoms with Gasteiger partial charge in [-0.05, 0) is 77.4 Å². The van der Waals surface area contributed by atoms with Crippen LogP contribution in [0.4, 0.5) is 5.69 Å². The molecule has 0 amide bonds. The second-order valence-electron chi connectivity index (χ2n) is 6.42. The topological polar surface area (TPSA) is 41.9 Å². The van der Waals surface area contributed by atoms with Crippen LogP contribution in [0.15, 0.2) is 59.2 Å². The highest BCUT2D eigenvalue weighted by Crippen LogP contribution is 2.22. The molecule has 2 aromatic rings. The van der Waals surface area contributed by atoms with Gasteiger partial charge in [0.15, 0.2) is 5.70 Å². The molecule has 0 unspecified atom stereocenters. The van der Waals surface area contributed by atoms with Gasteiger partial charge in [0.25, 0.3) is 0 Å². The maximum absolute atomic E-state index is 12.2. The van der Waals surface area contributed by atoms with E-state index in [-0.39, 0.29) is 0 Å². The maximum Gasteiger partial charge on any atom is 0.363 e. The minimum absolute atomic E-state index is 0.329. The van der Waals surface area contributed by atoms with Crippen molar-refractivity contribution in [2.45, 2.75) is 26.7 Å². The molecule has 0 spiro atoms. The lowest BCUT2D eigenvalue weighted by molar-refractivity contribution is -0.129. The van der Waals surface area contributed by atoms with E-state index in [2.05, 4.69) is 58.5 Å². The van der Waals surface area contributed by atoms with E-state index in [1.165, 1.54) is 5.69 Å². The van der Waals surface area contributed by atoms with Crippen LogP contribution in [0.3, 0.4) is 0 Å². The zero-order chi connectivity index (χ0) is 19.2. The van der Waals surface area contributed by atoms with E-state index in [4.69, 9.17) is 4.74 Å². The van der Waals surface area contributed by atoms with Gasteiger partial charge in [0.1, 0.15) is 0 Å². The van der Waals surface area contributed by atoms with Crippen molar-refractivity contribution in [1.82, 2.24) is 0 Å². The summed E-state index contributed by atoms with van der Waals surface area (Å²) < 4.78 is 6.41. The molecule has 5 heteroatoms. The summed E-state index contributed by atoms with van der Waals surface area (Å²) in [5.74, 6) is -0.0509. The van der Waals surface area contributed by atoms with E-state index in [1.54, 1.807) is 6.08 Å². The third-order valence-electron chi connectivity index (χ3n) is 4.24. The number of carbonyl (C=O) groups is 1. The molecule has 0 bridgehead atoms. The van der Waals surface area contributed by atoms with Crippen LogP contribution < -0.4 is 4.90 Å². The molecule has 2 aromatic carbocycles. The van der Waals surface area contributed by atoms with E-state index in [9.17, 15) is 4.79 Å². The molecule has 1 aliphatic heterocycles. The highest BCUT2D eigenvalue weighted by molar-refractivity contribution is 14.1. The smallest absolute Gasteiger partial charge is 0.363 e. The molecular formula is C22H23IN2O2. The Balaban J connectivity index is 1.80. The van der Waals surface area contributed by atoms with Gasteiger partial charge < -0.3 is 9.64 Å². The molecule has 0 saturated heterocycles. The minimum atomic E-state index is -0.411. The predicted octanol–water partition coefficient (Wildman–Crippen LogP) is 5.26. The Labute approximate surface area is 174 Å². The number of hydrogen-bond acceptors (Lipinski definition) is 4. The Kier molecular flexibility index (Phi) is 6.66. The molecule has 0 N–H and O–H groups in total. The first-order valence-electron chi connectivity index (χ1n) is 9.24. The Morgan fingerprint density at radius 3 is 2.41 bits per heavy atom. The molecule has 0 aliphatic carbocycles. The molecule has 1 aliphatic rings. The fourth-order valence-corrected chi connectivity index (χ4v) is 3.55. The van der Waals surface area contributed by atoms with E-state index in [0.29, 0.717) is 11.6 Å². The normalized spacial score (nSPS) is 15.0. The second kappa shape index (κ2) is 9.17. The summed E-state index contributed by atoms with van der Waals surface area (Å²) >= 11 is 2.23. The summed E-state index contributed by atoms with van der Waals surface area (Å²) in [6.07, 6.45) is 4.01. The summed E-state index contributed by atoms with van der Waals surface area (Å²) in [6.45, 7) is 6.47. The van der Waals surface area contributed by atoms with Crippen molar-refractivity contribution < 1.29 is 9.53 Å². The zero-order valence-electron chi connectivity index (χ0n) is 15.6. The highest BCUT2D eigenvalue weighted by atomic mass is 127. The Hall–Kier alpha value is -2.15. The van der Waals surface area contributed by atoms with Crippen molar-refractivity contribution in [3.05, 3.63) is 68.9 Å². The van der Waals surface area contributed by atoms with Crippen molar-refractivity contribution in [3.63, 3.8) is 0 Å². The molecule has 0 aromatic heterocycles. The fraction of sp³-hybridized carbons (Fsp3) is 0.273. The van der Waals surface area contributed by atoms with E-state index in [1.807, 2.05) is 36.4 Å². The van der Waals surface area contributed by atoms with Crippen molar-refractivity contribution >= 4 is 46.2 Å². The fourth-order valence-electron chi connectivity index (χ4n) is 3.00. The molecule has 1 heterocycles. The third kappa shape index (κ3) is 4.97. The van der Waals surface area contributed by atoms with Crippen LogP contribution in [-0.2, 0) is 9.53 Å². The van der Waals surface area contributed by atoms with Crippen LogP contribution in [-0.4, -0.2) is 25.0 Å².